The zero-order valence-corrected chi connectivity index (χ0v) is 24.0. The predicted molar refractivity (Wildman–Crippen MR) is 141 cm³/mol. The first kappa shape index (κ1) is 32.7. The summed E-state index contributed by atoms with van der Waals surface area (Å²) in [6.07, 6.45) is -5.69. The van der Waals surface area contributed by atoms with E-state index in [1.165, 1.54) is 24.2 Å². The molecule has 5 atom stereocenters. The molecular formula is C23H26BrF3N3O10P. The third-order valence-corrected chi connectivity index (χ3v) is 6.92. The number of hydrogen-bond donors (Lipinski definition) is 3. The number of H-pyrrole nitrogens is 1. The minimum absolute atomic E-state index is 0.00369. The molecule has 0 saturated carbocycles. The van der Waals surface area contributed by atoms with Crippen molar-refractivity contribution in [1.82, 2.24) is 9.55 Å². The van der Waals surface area contributed by atoms with Gasteiger partial charge in [-0.05, 0) is 49.2 Å². The number of aliphatic hydroxyl groups is 1. The zero-order valence-electron chi connectivity index (χ0n) is 21.5. The van der Waals surface area contributed by atoms with Crippen molar-refractivity contribution >= 4 is 41.5 Å². The Morgan fingerprint density at radius 3 is 2.59 bits per heavy atom. The Morgan fingerprint density at radius 2 is 2.00 bits per heavy atom. The van der Waals surface area contributed by atoms with Crippen LogP contribution in [0.15, 0.2) is 45.0 Å². The van der Waals surface area contributed by atoms with Gasteiger partial charge in [0.25, 0.3) is 5.56 Å². The van der Waals surface area contributed by atoms with E-state index >= 15 is 0 Å². The van der Waals surface area contributed by atoms with Crippen LogP contribution in [-0.4, -0.2) is 57.0 Å². The van der Waals surface area contributed by atoms with Crippen LogP contribution in [0.1, 0.15) is 37.6 Å². The fourth-order valence-electron chi connectivity index (χ4n) is 3.76. The lowest BCUT2D eigenvalue weighted by molar-refractivity contribution is -0.140. The summed E-state index contributed by atoms with van der Waals surface area (Å²) in [5, 5.41) is 11.3. The van der Waals surface area contributed by atoms with Crippen molar-refractivity contribution in [2.45, 2.75) is 50.9 Å². The third kappa shape index (κ3) is 8.38. The third-order valence-electron chi connectivity index (χ3n) is 5.77. The first-order chi connectivity index (χ1) is 19.2. The molecule has 0 amide bonds. The van der Waals surface area contributed by atoms with Crippen molar-refractivity contribution < 1.29 is 51.2 Å². The molecule has 1 fully saturated rings. The van der Waals surface area contributed by atoms with E-state index in [2.05, 4.69) is 25.4 Å². The van der Waals surface area contributed by atoms with Crippen LogP contribution in [0.5, 0.6) is 0 Å². The lowest BCUT2D eigenvalue weighted by Crippen LogP contribution is -2.40. The van der Waals surface area contributed by atoms with Crippen LogP contribution in [0, 0.1) is 0 Å². The second-order valence-corrected chi connectivity index (χ2v) is 10.5. The van der Waals surface area contributed by atoms with E-state index in [1.54, 1.807) is 6.92 Å². The largest absolute Gasteiger partial charge is 0.529 e. The van der Waals surface area contributed by atoms with Crippen LogP contribution in [0.2, 0.25) is 0 Å². The first-order valence-corrected chi connectivity index (χ1v) is 14.3. The summed E-state index contributed by atoms with van der Waals surface area (Å²) >= 11 is 3.03. The summed E-state index contributed by atoms with van der Waals surface area (Å²) in [5.74, 6) is -1.30. The number of aromatic nitrogens is 2. The number of hydrogen-bond acceptors (Lipinski definition) is 10. The Kier molecular flexibility index (Phi) is 10.7. The average Bonchev–Trinajstić information content (AvgIpc) is 3.26. The number of halogens is 4. The first-order valence-electron chi connectivity index (χ1n) is 11.9. The molecule has 1 unspecified atom stereocenters. The van der Waals surface area contributed by atoms with Gasteiger partial charge in [-0.15, -0.1) is 0 Å². The summed E-state index contributed by atoms with van der Waals surface area (Å²) < 4.78 is 67.2. The number of phosphoric acid groups is 1. The number of benzene rings is 1. The molecule has 0 radical (unpaired) electrons. The number of nitrogens with zero attached hydrogens (tertiary/aromatic N) is 2. The molecule has 1 aromatic carbocycles. The minimum atomic E-state index is -5.09. The standard InChI is InChI=1S/C23H26BrF3N3O10P/c1-3-37-30(16-6-4-15(5-7-16)23(25,26)27)13(2)21(33)40-41(35,36)38-12-18-17(31)10-19(39-18)29-11-14(8-9-24)20(32)28-22(29)34/h4-9,11,13,17-19,31H,3,10,12H2,1-2H3,(H,35,36)(H,28,32,34)/b9-8+/t13-,17-,18+,19+/m0/s1. The summed E-state index contributed by atoms with van der Waals surface area (Å²) in [6, 6.07) is 2.27. The lowest BCUT2D eigenvalue weighted by Gasteiger charge is -2.28. The molecule has 226 valence electrons. The average molecular weight is 672 g/mol. The molecule has 2 heterocycles. The number of nitrogens with one attached hydrogen (secondary N) is 1. The van der Waals surface area contributed by atoms with Gasteiger partial charge in [0.05, 0.1) is 36.1 Å². The molecule has 1 aliphatic heterocycles. The van der Waals surface area contributed by atoms with Gasteiger partial charge in [0.2, 0.25) is 0 Å². The monoisotopic (exact) mass is 671 g/mol. The number of phosphoric ester groups is 1. The van der Waals surface area contributed by atoms with Gasteiger partial charge in [-0.2, -0.15) is 13.2 Å². The number of carbonyl (C=O) groups is 1. The highest BCUT2D eigenvalue weighted by Gasteiger charge is 2.39. The molecule has 13 nitrogen and oxygen atoms in total. The molecule has 1 aromatic heterocycles. The van der Waals surface area contributed by atoms with Crippen LogP contribution >= 0.6 is 23.8 Å². The Bertz CT molecular complexity index is 1420. The lowest BCUT2D eigenvalue weighted by atomic mass is 10.2. The highest BCUT2D eigenvalue weighted by molar-refractivity contribution is 9.11. The summed E-state index contributed by atoms with van der Waals surface area (Å²) in [5.41, 5.74) is -2.25. The van der Waals surface area contributed by atoms with Gasteiger partial charge < -0.3 is 14.4 Å². The Labute approximate surface area is 238 Å². The van der Waals surface area contributed by atoms with Crippen LogP contribution in [0.25, 0.3) is 6.08 Å². The molecular weight excluding hydrogens is 646 g/mol. The van der Waals surface area contributed by atoms with Crippen molar-refractivity contribution in [2.75, 3.05) is 18.3 Å². The van der Waals surface area contributed by atoms with Crippen LogP contribution in [0.4, 0.5) is 18.9 Å². The van der Waals surface area contributed by atoms with Gasteiger partial charge in [0, 0.05) is 12.6 Å². The maximum Gasteiger partial charge on any atom is 0.529 e. The normalized spacial score (nSPS) is 21.5. The zero-order chi connectivity index (χ0) is 30.5. The Morgan fingerprint density at radius 1 is 1.34 bits per heavy atom. The number of aromatic amines is 1. The van der Waals surface area contributed by atoms with Gasteiger partial charge in [0.15, 0.2) is 6.04 Å². The van der Waals surface area contributed by atoms with Crippen molar-refractivity contribution in [1.29, 1.82) is 0 Å². The van der Waals surface area contributed by atoms with Crippen LogP contribution in [-0.2, 0) is 34.2 Å². The Balaban J connectivity index is 1.64. The van der Waals surface area contributed by atoms with E-state index in [9.17, 15) is 42.1 Å². The molecule has 3 N–H and O–H groups in total. The van der Waals surface area contributed by atoms with E-state index in [0.29, 0.717) is 0 Å². The smallest absolute Gasteiger partial charge is 0.390 e. The molecule has 2 aromatic rings. The van der Waals surface area contributed by atoms with E-state index < -0.39 is 67.9 Å². The van der Waals surface area contributed by atoms with E-state index in [-0.39, 0.29) is 24.3 Å². The molecule has 18 heteroatoms. The van der Waals surface area contributed by atoms with Crippen molar-refractivity contribution in [2.24, 2.45) is 0 Å². The fourth-order valence-corrected chi connectivity index (χ4v) is 4.82. The number of aliphatic hydroxyl groups excluding tert-OH is 1. The SMILES string of the molecule is CCON(c1ccc(C(F)(F)F)cc1)[C@@H](C)C(=O)OP(=O)(O)OC[C@H]1O[C@@H](n2cc(/C=C/Br)c(=O)[nH]c2=O)C[C@@H]1O. The molecule has 3 rings (SSSR count). The van der Waals surface area contributed by atoms with Gasteiger partial charge >= 0.3 is 25.7 Å². The van der Waals surface area contributed by atoms with Crippen molar-refractivity contribution in [3.8, 4) is 0 Å². The number of alkyl halides is 3. The number of ether oxygens (including phenoxy) is 1. The highest BCUT2D eigenvalue weighted by atomic mass is 79.9. The summed E-state index contributed by atoms with van der Waals surface area (Å²) in [6.45, 7) is 2.05. The second-order valence-electron chi connectivity index (χ2n) is 8.61. The molecule has 1 saturated heterocycles. The van der Waals surface area contributed by atoms with Crippen molar-refractivity contribution in [3.05, 3.63) is 67.4 Å². The van der Waals surface area contributed by atoms with Gasteiger partial charge in [0.1, 0.15) is 12.3 Å². The van der Waals surface area contributed by atoms with Gasteiger partial charge in [-0.25, -0.2) is 19.2 Å². The highest BCUT2D eigenvalue weighted by Crippen LogP contribution is 2.45. The fraction of sp³-hybridized carbons (Fsp3) is 0.435. The van der Waals surface area contributed by atoms with E-state index in [4.69, 9.17) is 14.1 Å². The number of hydroxylamine groups is 1. The van der Waals surface area contributed by atoms with Crippen LogP contribution in [0.3, 0.4) is 0 Å². The van der Waals surface area contributed by atoms with Crippen molar-refractivity contribution in [3.63, 3.8) is 0 Å². The van der Waals surface area contributed by atoms with E-state index in [0.717, 1.165) is 33.9 Å². The molecule has 0 bridgehead atoms. The summed E-state index contributed by atoms with van der Waals surface area (Å²) in [7, 11) is -5.09. The summed E-state index contributed by atoms with van der Waals surface area (Å²) in [4.78, 5) is 55.7. The predicted octanol–water partition coefficient (Wildman–Crippen LogP) is 3.08. The second kappa shape index (κ2) is 13.5. The molecule has 0 aliphatic carbocycles. The topological polar surface area (TPSA) is 170 Å². The molecule has 0 spiro atoms. The van der Waals surface area contributed by atoms with Crippen LogP contribution < -0.4 is 16.3 Å². The van der Waals surface area contributed by atoms with E-state index in [1.807, 2.05) is 0 Å². The minimum Gasteiger partial charge on any atom is -0.390 e. The quantitative estimate of drug-likeness (QED) is 0.237. The maximum atomic E-state index is 12.9. The molecule has 41 heavy (non-hydrogen) atoms. The van der Waals surface area contributed by atoms with Gasteiger partial charge in [-0.3, -0.25) is 28.6 Å². The maximum absolute atomic E-state index is 12.9. The number of rotatable bonds is 11. The molecule has 1 aliphatic rings. The number of anilines is 1. The Hall–Kier alpha value is -2.79. The number of carbonyl (C=O) groups excluding carboxylic acids is 1. The van der Waals surface area contributed by atoms with Gasteiger partial charge in [-0.1, -0.05) is 15.9 Å².